The van der Waals surface area contributed by atoms with Gasteiger partial charge < -0.3 is 15.5 Å². The van der Waals surface area contributed by atoms with Gasteiger partial charge in [-0.1, -0.05) is 36.4 Å². The molecule has 0 bridgehead atoms. The summed E-state index contributed by atoms with van der Waals surface area (Å²) >= 11 is 1.58. The lowest BCUT2D eigenvalue weighted by atomic mass is 9.99. The third-order valence-corrected chi connectivity index (χ3v) is 6.36. The summed E-state index contributed by atoms with van der Waals surface area (Å²) in [6.45, 7) is 3.93. The van der Waals surface area contributed by atoms with Gasteiger partial charge in [0.25, 0.3) is 0 Å². The lowest BCUT2D eigenvalue weighted by Gasteiger charge is -2.18. The molecule has 1 saturated heterocycles. The molecule has 154 valence electrons. The van der Waals surface area contributed by atoms with Gasteiger partial charge in [-0.2, -0.15) is 0 Å². The first kappa shape index (κ1) is 19.1. The maximum atomic E-state index is 4.92. The van der Waals surface area contributed by atoms with Crippen molar-refractivity contribution in [3.05, 3.63) is 59.5 Å². The minimum absolute atomic E-state index is 0.677. The number of pyridine rings is 1. The van der Waals surface area contributed by atoms with Gasteiger partial charge in [0, 0.05) is 31.6 Å². The van der Waals surface area contributed by atoms with Crippen molar-refractivity contribution >= 4 is 28.2 Å². The Morgan fingerprint density at radius 1 is 1.07 bits per heavy atom. The SMILES string of the molecule is c1ccc(CC2CCN(c3cccc(-c4csc(NC5=NCCCN5)n4)n3)C2)cc1. The normalized spacial score (nSPS) is 18.7. The molecule has 0 spiro atoms. The first-order valence-electron chi connectivity index (χ1n) is 10.6. The highest BCUT2D eigenvalue weighted by atomic mass is 32.1. The maximum absolute atomic E-state index is 4.92. The Balaban J connectivity index is 1.25. The number of nitrogens with zero attached hydrogens (tertiary/aromatic N) is 4. The van der Waals surface area contributed by atoms with Gasteiger partial charge in [0.15, 0.2) is 11.1 Å². The molecule has 4 heterocycles. The number of guanidine groups is 1. The molecule has 0 aliphatic carbocycles. The van der Waals surface area contributed by atoms with Gasteiger partial charge in [-0.3, -0.25) is 4.99 Å². The van der Waals surface area contributed by atoms with Gasteiger partial charge in [0.05, 0.1) is 5.69 Å². The van der Waals surface area contributed by atoms with E-state index < -0.39 is 0 Å². The Bertz CT molecular complexity index is 1020. The number of hydrogen-bond acceptors (Lipinski definition) is 7. The van der Waals surface area contributed by atoms with Gasteiger partial charge in [-0.05, 0) is 42.9 Å². The highest BCUT2D eigenvalue weighted by molar-refractivity contribution is 7.14. The van der Waals surface area contributed by atoms with Crippen molar-refractivity contribution in [3.8, 4) is 11.4 Å². The molecule has 0 saturated carbocycles. The zero-order chi connectivity index (χ0) is 20.2. The first-order valence-corrected chi connectivity index (χ1v) is 11.5. The van der Waals surface area contributed by atoms with Crippen molar-refractivity contribution in [2.45, 2.75) is 19.3 Å². The number of anilines is 2. The summed E-state index contributed by atoms with van der Waals surface area (Å²) in [5.74, 6) is 2.53. The third-order valence-electron chi connectivity index (χ3n) is 5.60. The fraction of sp³-hybridized carbons (Fsp3) is 0.348. The Morgan fingerprint density at radius 3 is 2.87 bits per heavy atom. The maximum Gasteiger partial charge on any atom is 0.197 e. The predicted molar refractivity (Wildman–Crippen MR) is 124 cm³/mol. The molecule has 30 heavy (non-hydrogen) atoms. The molecule has 3 aromatic rings. The fourth-order valence-corrected chi connectivity index (χ4v) is 4.77. The Labute approximate surface area is 181 Å². The van der Waals surface area contributed by atoms with E-state index in [1.165, 1.54) is 12.0 Å². The molecule has 2 N–H and O–H groups in total. The smallest absolute Gasteiger partial charge is 0.197 e. The zero-order valence-electron chi connectivity index (χ0n) is 16.9. The molecule has 7 heteroatoms. The van der Waals surface area contributed by atoms with E-state index in [4.69, 9.17) is 9.97 Å². The van der Waals surface area contributed by atoms with Crippen LogP contribution in [0.3, 0.4) is 0 Å². The standard InChI is InChI=1S/C23H26N6S/c1-2-6-17(7-3-1)14-18-10-13-29(15-18)21-9-4-8-19(26-21)20-16-30-23(27-20)28-22-24-11-5-12-25-22/h1-4,6-9,16,18H,5,10-15H2,(H2,24,25,27,28). The van der Waals surface area contributed by atoms with Crippen LogP contribution in [-0.2, 0) is 6.42 Å². The number of hydrogen-bond donors (Lipinski definition) is 2. The number of thiazole rings is 1. The lowest BCUT2D eigenvalue weighted by Crippen LogP contribution is -2.35. The molecule has 6 nitrogen and oxygen atoms in total. The van der Waals surface area contributed by atoms with Gasteiger partial charge in [-0.15, -0.1) is 11.3 Å². The van der Waals surface area contributed by atoms with E-state index in [-0.39, 0.29) is 0 Å². The third kappa shape index (κ3) is 4.46. The Hall–Kier alpha value is -2.93. The van der Waals surface area contributed by atoms with Gasteiger partial charge in [0.1, 0.15) is 11.5 Å². The van der Waals surface area contributed by atoms with Gasteiger partial charge >= 0.3 is 0 Å². The first-order chi connectivity index (χ1) is 14.8. The van der Waals surface area contributed by atoms with E-state index in [2.05, 4.69) is 68.4 Å². The van der Waals surface area contributed by atoms with Crippen LogP contribution in [0.25, 0.3) is 11.4 Å². The summed E-state index contributed by atoms with van der Waals surface area (Å²) in [6.07, 6.45) is 3.42. The molecule has 5 rings (SSSR count). The molecule has 0 amide bonds. The monoisotopic (exact) mass is 418 g/mol. The summed E-state index contributed by atoms with van der Waals surface area (Å²) in [6, 6.07) is 17.0. The number of benzene rings is 1. The van der Waals surface area contributed by atoms with Crippen molar-refractivity contribution < 1.29 is 0 Å². The van der Waals surface area contributed by atoms with E-state index in [0.29, 0.717) is 5.92 Å². The van der Waals surface area contributed by atoms with Crippen molar-refractivity contribution in [2.75, 3.05) is 36.4 Å². The second kappa shape index (κ2) is 8.83. The zero-order valence-corrected chi connectivity index (χ0v) is 17.7. The largest absolute Gasteiger partial charge is 0.356 e. The highest BCUT2D eigenvalue weighted by Crippen LogP contribution is 2.28. The van der Waals surface area contributed by atoms with Crippen LogP contribution >= 0.6 is 11.3 Å². The van der Waals surface area contributed by atoms with E-state index in [1.807, 2.05) is 6.07 Å². The molecule has 0 radical (unpaired) electrons. The summed E-state index contributed by atoms with van der Waals surface area (Å²) < 4.78 is 0. The second-order valence-corrected chi connectivity index (χ2v) is 8.70. The molecular weight excluding hydrogens is 392 g/mol. The number of nitrogens with one attached hydrogen (secondary N) is 2. The van der Waals surface area contributed by atoms with Crippen LogP contribution in [0.2, 0.25) is 0 Å². The molecule has 2 aliphatic heterocycles. The van der Waals surface area contributed by atoms with Crippen molar-refractivity contribution in [3.63, 3.8) is 0 Å². The van der Waals surface area contributed by atoms with E-state index >= 15 is 0 Å². The van der Waals surface area contributed by atoms with Crippen LogP contribution in [0.1, 0.15) is 18.4 Å². The fourth-order valence-electron chi connectivity index (χ4n) is 4.06. The van der Waals surface area contributed by atoms with E-state index in [9.17, 15) is 0 Å². The van der Waals surface area contributed by atoms with Gasteiger partial charge in [-0.25, -0.2) is 9.97 Å². The van der Waals surface area contributed by atoms with Gasteiger partial charge in [0.2, 0.25) is 0 Å². The number of aromatic nitrogens is 2. The van der Waals surface area contributed by atoms with Crippen LogP contribution in [0, 0.1) is 5.92 Å². The average Bonchev–Trinajstić information content (AvgIpc) is 3.45. The van der Waals surface area contributed by atoms with Crippen LogP contribution in [0.15, 0.2) is 58.9 Å². The lowest BCUT2D eigenvalue weighted by molar-refractivity contribution is 0.586. The topological polar surface area (TPSA) is 65.4 Å². The molecular formula is C23H26N6S. The molecule has 1 atom stereocenters. The molecule has 1 fully saturated rings. The summed E-state index contributed by atoms with van der Waals surface area (Å²) in [7, 11) is 0. The van der Waals surface area contributed by atoms with E-state index in [0.717, 1.165) is 67.3 Å². The highest BCUT2D eigenvalue weighted by Gasteiger charge is 2.24. The molecule has 1 aromatic carbocycles. The van der Waals surface area contributed by atoms with Crippen LogP contribution in [-0.4, -0.2) is 42.1 Å². The second-order valence-electron chi connectivity index (χ2n) is 7.85. The Kier molecular flexibility index (Phi) is 5.61. The molecule has 2 aliphatic rings. The summed E-state index contributed by atoms with van der Waals surface area (Å²) in [5, 5.41) is 9.44. The Morgan fingerprint density at radius 2 is 2.00 bits per heavy atom. The van der Waals surface area contributed by atoms with Crippen LogP contribution in [0.5, 0.6) is 0 Å². The predicted octanol–water partition coefficient (Wildman–Crippen LogP) is 4.04. The van der Waals surface area contributed by atoms with Crippen LogP contribution < -0.4 is 15.5 Å². The quantitative estimate of drug-likeness (QED) is 0.655. The minimum atomic E-state index is 0.677. The average molecular weight is 419 g/mol. The van der Waals surface area contributed by atoms with Crippen LogP contribution in [0.4, 0.5) is 10.9 Å². The minimum Gasteiger partial charge on any atom is -0.356 e. The summed E-state index contributed by atoms with van der Waals surface area (Å²) in [4.78, 5) is 16.5. The van der Waals surface area contributed by atoms with Crippen molar-refractivity contribution in [2.24, 2.45) is 10.9 Å². The van der Waals surface area contributed by atoms with E-state index in [1.54, 1.807) is 11.3 Å². The number of rotatable bonds is 5. The molecule has 2 aromatic heterocycles. The molecule has 1 unspecified atom stereocenters. The van der Waals surface area contributed by atoms with Crippen molar-refractivity contribution in [1.82, 2.24) is 15.3 Å². The van der Waals surface area contributed by atoms with Crippen molar-refractivity contribution in [1.29, 1.82) is 0 Å². The summed E-state index contributed by atoms with van der Waals surface area (Å²) in [5.41, 5.74) is 3.24. The number of aliphatic imine (C=N–C) groups is 1.